The Balaban J connectivity index is 1.95. The zero-order valence-electron chi connectivity index (χ0n) is 21.3. The fourth-order valence-corrected chi connectivity index (χ4v) is 5.70. The Morgan fingerprint density at radius 3 is 2.38 bits per heavy atom. The van der Waals surface area contributed by atoms with Crippen LogP contribution in [0.2, 0.25) is 0 Å². The standard InChI is InChI=1S/C26H30F3NO6S/c1-16(31)17-12-18(26(27,28)29)14-19(13-17)37(33,34)30(5)22-10-6-9-21-20(22)8-7-11-23(21)35-15-24(32)36-25(2,3)4/h7-8,11-14,22H,6,9-10,15H2,1-5H3/t22-/m1/s1. The third-order valence-corrected chi connectivity index (χ3v) is 7.80. The molecule has 0 unspecified atom stereocenters. The van der Waals surface area contributed by atoms with E-state index < -0.39 is 50.1 Å². The first-order valence-corrected chi connectivity index (χ1v) is 13.1. The molecule has 11 heteroatoms. The molecule has 0 spiro atoms. The molecule has 0 N–H and O–H groups in total. The maximum Gasteiger partial charge on any atom is 0.416 e. The Bertz CT molecular complexity index is 1300. The summed E-state index contributed by atoms with van der Waals surface area (Å²) in [6, 6.07) is 6.54. The molecule has 3 rings (SSSR count). The SMILES string of the molecule is CC(=O)c1cc(C(F)(F)F)cc(S(=O)(=O)N(C)[C@@H]2CCCc3c(OCC(=O)OC(C)(C)C)cccc32)c1. The summed E-state index contributed by atoms with van der Waals surface area (Å²) in [6.07, 6.45) is -3.24. The van der Waals surface area contributed by atoms with Crippen molar-refractivity contribution in [1.82, 2.24) is 4.31 Å². The lowest BCUT2D eigenvalue weighted by Gasteiger charge is -2.33. The van der Waals surface area contributed by atoms with Gasteiger partial charge in [0, 0.05) is 12.6 Å². The molecule has 2 aromatic rings. The predicted molar refractivity (Wildman–Crippen MR) is 130 cm³/mol. The van der Waals surface area contributed by atoms with Crippen molar-refractivity contribution in [2.75, 3.05) is 13.7 Å². The molecule has 0 fully saturated rings. The van der Waals surface area contributed by atoms with Gasteiger partial charge in [0.05, 0.1) is 16.5 Å². The fourth-order valence-electron chi connectivity index (χ4n) is 4.26. The van der Waals surface area contributed by atoms with Crippen LogP contribution in [0.5, 0.6) is 5.75 Å². The summed E-state index contributed by atoms with van der Waals surface area (Å²) < 4.78 is 79.3. The van der Waals surface area contributed by atoms with E-state index >= 15 is 0 Å². The minimum Gasteiger partial charge on any atom is -0.482 e. The molecule has 0 bridgehead atoms. The van der Waals surface area contributed by atoms with E-state index in [0.717, 1.165) is 22.9 Å². The van der Waals surface area contributed by atoms with Crippen LogP contribution in [0.1, 0.15) is 73.6 Å². The fraction of sp³-hybridized carbons (Fsp3) is 0.462. The Hall–Kier alpha value is -2.92. The van der Waals surface area contributed by atoms with Gasteiger partial charge < -0.3 is 9.47 Å². The molecular weight excluding hydrogens is 511 g/mol. The number of Topliss-reactive ketones (excluding diaryl/α,β-unsaturated/α-hetero) is 1. The quantitative estimate of drug-likeness (QED) is 0.348. The van der Waals surface area contributed by atoms with Crippen LogP contribution < -0.4 is 4.74 Å². The van der Waals surface area contributed by atoms with E-state index in [1.54, 1.807) is 39.0 Å². The van der Waals surface area contributed by atoms with Crippen molar-refractivity contribution in [3.05, 3.63) is 58.7 Å². The number of halogens is 3. The average Bonchev–Trinajstić information content (AvgIpc) is 2.79. The first-order valence-electron chi connectivity index (χ1n) is 11.7. The summed E-state index contributed by atoms with van der Waals surface area (Å²) in [5, 5.41) is 0. The number of fused-ring (bicyclic) bond motifs is 1. The van der Waals surface area contributed by atoms with E-state index in [2.05, 4.69) is 0 Å². The van der Waals surface area contributed by atoms with Crippen molar-refractivity contribution in [1.29, 1.82) is 0 Å². The van der Waals surface area contributed by atoms with Crippen LogP contribution in [0, 0.1) is 0 Å². The molecule has 0 saturated heterocycles. The monoisotopic (exact) mass is 541 g/mol. The van der Waals surface area contributed by atoms with Crippen molar-refractivity contribution in [2.24, 2.45) is 0 Å². The highest BCUT2D eigenvalue weighted by atomic mass is 32.2. The number of ether oxygens (including phenoxy) is 2. The van der Waals surface area contributed by atoms with Crippen molar-refractivity contribution < 1.29 is 40.7 Å². The minimum absolute atomic E-state index is 0.329. The maximum absolute atomic E-state index is 13.5. The molecule has 0 heterocycles. The second-order valence-corrected chi connectivity index (χ2v) is 11.9. The van der Waals surface area contributed by atoms with Crippen molar-refractivity contribution in [2.45, 2.75) is 69.7 Å². The molecule has 37 heavy (non-hydrogen) atoms. The largest absolute Gasteiger partial charge is 0.482 e. The highest BCUT2D eigenvalue weighted by Gasteiger charge is 2.37. The lowest BCUT2D eigenvalue weighted by Crippen LogP contribution is -2.34. The van der Waals surface area contributed by atoms with Crippen LogP contribution in [0.15, 0.2) is 41.3 Å². The number of nitrogens with zero attached hydrogens (tertiary/aromatic N) is 1. The summed E-state index contributed by atoms with van der Waals surface area (Å²) in [5.41, 5.74) is -0.877. The number of hydrogen-bond acceptors (Lipinski definition) is 6. The average molecular weight is 542 g/mol. The normalized spacial score (nSPS) is 16.3. The third-order valence-electron chi connectivity index (χ3n) is 5.95. The first-order chi connectivity index (χ1) is 17.0. The van der Waals surface area contributed by atoms with Crippen molar-refractivity contribution in [3.8, 4) is 5.75 Å². The van der Waals surface area contributed by atoms with Gasteiger partial charge in [0.1, 0.15) is 11.4 Å². The Labute approximate surface area is 214 Å². The molecule has 0 amide bonds. The second kappa shape index (κ2) is 10.4. The Kier molecular flexibility index (Phi) is 8.09. The number of benzene rings is 2. The number of esters is 1. The zero-order valence-corrected chi connectivity index (χ0v) is 22.1. The van der Waals surface area contributed by atoms with Crippen LogP contribution in [0.25, 0.3) is 0 Å². The smallest absolute Gasteiger partial charge is 0.416 e. The molecule has 0 radical (unpaired) electrons. The predicted octanol–water partition coefficient (Wildman–Crippen LogP) is 5.33. The van der Waals surface area contributed by atoms with Gasteiger partial charge in [-0.25, -0.2) is 13.2 Å². The molecule has 2 aromatic carbocycles. The summed E-state index contributed by atoms with van der Waals surface area (Å²) in [5.74, 6) is -0.820. The van der Waals surface area contributed by atoms with E-state index in [0.29, 0.717) is 42.7 Å². The van der Waals surface area contributed by atoms with Gasteiger partial charge in [-0.2, -0.15) is 17.5 Å². The first kappa shape index (κ1) is 28.6. The highest BCUT2D eigenvalue weighted by Crippen LogP contribution is 2.41. The van der Waals surface area contributed by atoms with E-state index in [1.807, 2.05) is 0 Å². The van der Waals surface area contributed by atoms with Gasteiger partial charge >= 0.3 is 12.1 Å². The van der Waals surface area contributed by atoms with Crippen LogP contribution in [0.3, 0.4) is 0 Å². The molecule has 7 nitrogen and oxygen atoms in total. The summed E-state index contributed by atoms with van der Waals surface area (Å²) in [6.45, 7) is 5.95. The number of ketones is 1. The molecule has 0 aromatic heterocycles. The van der Waals surface area contributed by atoms with Gasteiger partial charge in [0.2, 0.25) is 10.0 Å². The number of alkyl halides is 3. The van der Waals surface area contributed by atoms with Crippen molar-refractivity contribution in [3.63, 3.8) is 0 Å². The van der Waals surface area contributed by atoms with E-state index in [-0.39, 0.29) is 12.2 Å². The van der Waals surface area contributed by atoms with Gasteiger partial charge in [-0.3, -0.25) is 4.79 Å². The Morgan fingerprint density at radius 2 is 1.78 bits per heavy atom. The molecule has 1 atom stereocenters. The van der Waals surface area contributed by atoms with Gasteiger partial charge in [0.25, 0.3) is 0 Å². The van der Waals surface area contributed by atoms with Crippen molar-refractivity contribution >= 4 is 21.8 Å². The lowest BCUT2D eigenvalue weighted by atomic mass is 9.87. The number of rotatable bonds is 7. The summed E-state index contributed by atoms with van der Waals surface area (Å²) >= 11 is 0. The van der Waals surface area contributed by atoms with Gasteiger partial charge in [-0.1, -0.05) is 12.1 Å². The Morgan fingerprint density at radius 1 is 1.11 bits per heavy atom. The van der Waals surface area contributed by atoms with E-state index in [1.165, 1.54) is 7.05 Å². The molecule has 202 valence electrons. The summed E-state index contributed by atoms with van der Waals surface area (Å²) in [4.78, 5) is 23.3. The second-order valence-electron chi connectivity index (χ2n) is 9.93. The topological polar surface area (TPSA) is 90.0 Å². The molecule has 0 aliphatic heterocycles. The molecule has 0 saturated carbocycles. The zero-order chi connectivity index (χ0) is 27.8. The highest BCUT2D eigenvalue weighted by molar-refractivity contribution is 7.89. The van der Waals surface area contributed by atoms with Gasteiger partial charge in [-0.15, -0.1) is 0 Å². The number of sulfonamides is 1. The van der Waals surface area contributed by atoms with Crippen LogP contribution in [-0.2, 0) is 32.2 Å². The van der Waals surface area contributed by atoms with Crippen LogP contribution >= 0.6 is 0 Å². The number of hydrogen-bond donors (Lipinski definition) is 0. The summed E-state index contributed by atoms with van der Waals surface area (Å²) in [7, 11) is -3.11. The molecule has 1 aliphatic rings. The van der Waals surface area contributed by atoms with Gasteiger partial charge in [-0.05, 0) is 82.3 Å². The van der Waals surface area contributed by atoms with E-state index in [4.69, 9.17) is 9.47 Å². The van der Waals surface area contributed by atoms with Crippen LogP contribution in [-0.4, -0.2) is 43.7 Å². The number of carbonyl (C=O) groups excluding carboxylic acids is 2. The lowest BCUT2D eigenvalue weighted by molar-refractivity contribution is -0.157. The minimum atomic E-state index is -4.83. The molecular formula is C26H30F3NO6S. The van der Waals surface area contributed by atoms with E-state index in [9.17, 15) is 31.2 Å². The third kappa shape index (κ3) is 6.70. The number of carbonyl (C=O) groups is 2. The molecule has 1 aliphatic carbocycles. The van der Waals surface area contributed by atoms with Crippen LogP contribution in [0.4, 0.5) is 13.2 Å². The van der Waals surface area contributed by atoms with Gasteiger partial charge in [0.15, 0.2) is 12.4 Å². The maximum atomic E-state index is 13.5.